The van der Waals surface area contributed by atoms with E-state index in [0.29, 0.717) is 22.5 Å². The Morgan fingerprint density at radius 3 is 3.00 bits per heavy atom. The van der Waals surface area contributed by atoms with Crippen molar-refractivity contribution in [3.05, 3.63) is 23.0 Å². The normalized spacial score (nSPS) is 9.93. The number of nitrogens with one attached hydrogen (secondary N) is 1. The highest BCUT2D eigenvalue weighted by Gasteiger charge is 2.06. The molecule has 14 heavy (non-hydrogen) atoms. The van der Waals surface area contributed by atoms with E-state index in [0.717, 1.165) is 5.56 Å². The quantitative estimate of drug-likeness (QED) is 0.863. The van der Waals surface area contributed by atoms with Gasteiger partial charge in [0.15, 0.2) is 0 Å². The summed E-state index contributed by atoms with van der Waals surface area (Å²) in [7, 11) is 0. The van der Waals surface area contributed by atoms with E-state index in [1.807, 2.05) is 6.92 Å². The first-order valence-electron chi connectivity index (χ1n) is 4.11. The van der Waals surface area contributed by atoms with Crippen LogP contribution in [0.15, 0.2) is 12.4 Å². The summed E-state index contributed by atoms with van der Waals surface area (Å²) in [5.74, 6) is -0.0472. The van der Waals surface area contributed by atoms with E-state index in [-0.39, 0.29) is 5.91 Å². The number of amides is 1. The van der Waals surface area contributed by atoms with Crippen molar-refractivity contribution in [3.63, 3.8) is 0 Å². The zero-order valence-electron chi connectivity index (χ0n) is 7.68. The Morgan fingerprint density at radius 1 is 1.64 bits per heavy atom. The third-order valence-electron chi connectivity index (χ3n) is 1.75. The van der Waals surface area contributed by atoms with Crippen LogP contribution in [-0.4, -0.2) is 16.2 Å². The van der Waals surface area contributed by atoms with Crippen molar-refractivity contribution in [2.75, 3.05) is 10.6 Å². The maximum atomic E-state index is 11.3. The van der Waals surface area contributed by atoms with E-state index >= 15 is 0 Å². The smallest absolute Gasteiger partial charge is 0.225 e. The van der Waals surface area contributed by atoms with Crippen molar-refractivity contribution in [1.82, 2.24) is 4.98 Å². The molecule has 0 aliphatic heterocycles. The summed E-state index contributed by atoms with van der Waals surface area (Å²) >= 11 is 9.05. The van der Waals surface area contributed by atoms with Crippen LogP contribution in [0, 0.1) is 6.92 Å². The second-order valence-corrected chi connectivity index (χ2v) is 3.98. The molecular formula is C9H10BrClN2O. The number of nitrogens with zero attached hydrogens (tertiary/aromatic N) is 1. The van der Waals surface area contributed by atoms with Gasteiger partial charge in [0.1, 0.15) is 0 Å². The van der Waals surface area contributed by atoms with Gasteiger partial charge in [-0.2, -0.15) is 0 Å². The fraction of sp³-hybridized carbons (Fsp3) is 0.333. The minimum Gasteiger partial charge on any atom is -0.324 e. The molecule has 0 unspecified atom stereocenters. The van der Waals surface area contributed by atoms with Gasteiger partial charge in [-0.05, 0) is 12.5 Å². The second kappa shape index (κ2) is 5.32. The molecule has 0 fully saturated rings. The fourth-order valence-electron chi connectivity index (χ4n) is 0.924. The van der Waals surface area contributed by atoms with E-state index in [2.05, 4.69) is 26.2 Å². The zero-order chi connectivity index (χ0) is 10.6. The van der Waals surface area contributed by atoms with E-state index in [4.69, 9.17) is 11.6 Å². The lowest BCUT2D eigenvalue weighted by Gasteiger charge is -2.07. The average Bonchev–Trinajstić information content (AvgIpc) is 2.13. The molecule has 0 spiro atoms. The molecule has 1 amide bonds. The highest BCUT2D eigenvalue weighted by atomic mass is 79.9. The Labute approximate surface area is 96.0 Å². The second-order valence-electron chi connectivity index (χ2n) is 2.78. The maximum Gasteiger partial charge on any atom is 0.225 e. The standard InChI is InChI=1S/C9H10BrClN2O/c1-6-7(11)4-12-5-8(6)13-9(14)2-3-10/h4-5H,2-3H2,1H3,(H,13,14). The highest BCUT2D eigenvalue weighted by molar-refractivity contribution is 9.09. The van der Waals surface area contributed by atoms with E-state index < -0.39 is 0 Å². The molecule has 5 heteroatoms. The Balaban J connectivity index is 2.76. The first kappa shape index (κ1) is 11.5. The number of pyridine rings is 1. The number of alkyl halides is 1. The topological polar surface area (TPSA) is 42.0 Å². The van der Waals surface area contributed by atoms with Gasteiger partial charge >= 0.3 is 0 Å². The van der Waals surface area contributed by atoms with Crippen molar-refractivity contribution in [2.24, 2.45) is 0 Å². The summed E-state index contributed by atoms with van der Waals surface area (Å²) < 4.78 is 0. The Morgan fingerprint density at radius 2 is 2.36 bits per heavy atom. The van der Waals surface area contributed by atoms with Crippen LogP contribution in [0.4, 0.5) is 5.69 Å². The first-order valence-corrected chi connectivity index (χ1v) is 5.61. The lowest BCUT2D eigenvalue weighted by atomic mass is 10.2. The Hall–Kier alpha value is -0.610. The third-order valence-corrected chi connectivity index (χ3v) is 2.53. The largest absolute Gasteiger partial charge is 0.324 e. The zero-order valence-corrected chi connectivity index (χ0v) is 10.0. The fourth-order valence-corrected chi connectivity index (χ4v) is 1.44. The SMILES string of the molecule is Cc1c(Cl)cncc1NC(=O)CCBr. The number of carbonyl (C=O) groups is 1. The van der Waals surface area contributed by atoms with Gasteiger partial charge in [-0.15, -0.1) is 0 Å². The molecule has 0 saturated heterocycles. The lowest BCUT2D eigenvalue weighted by Crippen LogP contribution is -2.12. The molecule has 1 rings (SSSR count). The molecule has 76 valence electrons. The Kier molecular flexibility index (Phi) is 4.35. The summed E-state index contributed by atoms with van der Waals surface area (Å²) in [5, 5.41) is 3.94. The van der Waals surface area contributed by atoms with Gasteiger partial charge in [-0.1, -0.05) is 27.5 Å². The molecule has 0 saturated carbocycles. The van der Waals surface area contributed by atoms with Crippen molar-refractivity contribution >= 4 is 39.1 Å². The molecule has 3 nitrogen and oxygen atoms in total. The number of hydrogen-bond donors (Lipinski definition) is 1. The minimum atomic E-state index is -0.0472. The number of rotatable bonds is 3. The van der Waals surface area contributed by atoms with E-state index in [9.17, 15) is 4.79 Å². The summed E-state index contributed by atoms with van der Waals surface area (Å²) in [6.07, 6.45) is 3.58. The summed E-state index contributed by atoms with van der Waals surface area (Å²) in [5.41, 5.74) is 1.51. The van der Waals surface area contributed by atoms with Crippen molar-refractivity contribution < 1.29 is 4.79 Å². The van der Waals surface area contributed by atoms with Gasteiger partial charge in [0.25, 0.3) is 0 Å². The lowest BCUT2D eigenvalue weighted by molar-refractivity contribution is -0.115. The third kappa shape index (κ3) is 2.96. The number of anilines is 1. The van der Waals surface area contributed by atoms with Crippen LogP contribution in [0.1, 0.15) is 12.0 Å². The van der Waals surface area contributed by atoms with Gasteiger partial charge in [-0.25, -0.2) is 0 Å². The van der Waals surface area contributed by atoms with E-state index in [1.165, 1.54) is 0 Å². The molecule has 1 N–H and O–H groups in total. The van der Waals surface area contributed by atoms with Crippen LogP contribution in [-0.2, 0) is 4.79 Å². The molecule has 1 heterocycles. The highest BCUT2D eigenvalue weighted by Crippen LogP contribution is 2.21. The predicted molar refractivity (Wildman–Crippen MR) is 61.0 cm³/mol. The number of carbonyl (C=O) groups excluding carboxylic acids is 1. The predicted octanol–water partition coefficient (Wildman–Crippen LogP) is 2.77. The number of halogens is 2. The van der Waals surface area contributed by atoms with E-state index in [1.54, 1.807) is 12.4 Å². The van der Waals surface area contributed by atoms with Crippen molar-refractivity contribution in [1.29, 1.82) is 0 Å². The molecule has 0 aliphatic rings. The van der Waals surface area contributed by atoms with Gasteiger partial charge in [0.05, 0.1) is 16.9 Å². The van der Waals surface area contributed by atoms with Gasteiger partial charge in [-0.3, -0.25) is 9.78 Å². The van der Waals surface area contributed by atoms with Crippen LogP contribution in [0.5, 0.6) is 0 Å². The van der Waals surface area contributed by atoms with Crippen LogP contribution in [0.2, 0.25) is 5.02 Å². The van der Waals surface area contributed by atoms with Crippen molar-refractivity contribution in [3.8, 4) is 0 Å². The molecular weight excluding hydrogens is 267 g/mol. The number of aromatic nitrogens is 1. The first-order chi connectivity index (χ1) is 6.65. The van der Waals surface area contributed by atoms with Crippen LogP contribution in [0.25, 0.3) is 0 Å². The number of hydrogen-bond acceptors (Lipinski definition) is 2. The van der Waals surface area contributed by atoms with Gasteiger partial charge in [0, 0.05) is 17.9 Å². The molecule has 0 radical (unpaired) electrons. The summed E-state index contributed by atoms with van der Waals surface area (Å²) in [4.78, 5) is 15.2. The summed E-state index contributed by atoms with van der Waals surface area (Å²) in [6.45, 7) is 1.84. The average molecular weight is 278 g/mol. The molecule has 0 aliphatic carbocycles. The molecule has 1 aromatic heterocycles. The molecule has 1 aromatic rings. The molecule has 0 atom stereocenters. The van der Waals surface area contributed by atoms with Crippen LogP contribution >= 0.6 is 27.5 Å². The van der Waals surface area contributed by atoms with Crippen molar-refractivity contribution in [2.45, 2.75) is 13.3 Å². The summed E-state index contributed by atoms with van der Waals surface area (Å²) in [6, 6.07) is 0. The monoisotopic (exact) mass is 276 g/mol. The molecule has 0 aromatic carbocycles. The maximum absolute atomic E-state index is 11.3. The Bertz CT molecular complexity index is 344. The van der Waals surface area contributed by atoms with Gasteiger partial charge < -0.3 is 5.32 Å². The van der Waals surface area contributed by atoms with Crippen LogP contribution in [0.3, 0.4) is 0 Å². The molecule has 0 bridgehead atoms. The van der Waals surface area contributed by atoms with Crippen LogP contribution < -0.4 is 5.32 Å². The van der Waals surface area contributed by atoms with Gasteiger partial charge in [0.2, 0.25) is 5.91 Å². The minimum absolute atomic E-state index is 0.0472.